The maximum atomic E-state index is 13.4. The summed E-state index contributed by atoms with van der Waals surface area (Å²) in [5, 5.41) is 11.1. The van der Waals surface area contributed by atoms with E-state index in [1.54, 1.807) is 17.0 Å². The van der Waals surface area contributed by atoms with Gasteiger partial charge in [-0.05, 0) is 61.4 Å². The van der Waals surface area contributed by atoms with Gasteiger partial charge in [0.1, 0.15) is 5.82 Å². The van der Waals surface area contributed by atoms with Crippen molar-refractivity contribution >= 4 is 28.5 Å². The van der Waals surface area contributed by atoms with Crippen LogP contribution in [0, 0.1) is 15.5 Å². The zero-order chi connectivity index (χ0) is 27.0. The third kappa shape index (κ3) is 4.87. The standard InChI is InChI=1S/C30H29N5O4/c36-28(22-6-3-5-21(19-22)27-31-25-9-1-2-10-26(25)32-27)33-15-11-30(12-16-33)13-17-34(18-14-30)29(37)23-7-4-8-24(20-23)35(38)39/h1-10,19-20H,11-18H2,(H,31,32). The Morgan fingerprint density at radius 3 is 2.00 bits per heavy atom. The Bertz CT molecular complexity index is 1530. The van der Waals surface area contributed by atoms with Crippen molar-refractivity contribution in [3.8, 4) is 11.4 Å². The van der Waals surface area contributed by atoms with Crippen LogP contribution in [0.1, 0.15) is 46.4 Å². The molecule has 39 heavy (non-hydrogen) atoms. The molecule has 2 fully saturated rings. The Balaban J connectivity index is 1.07. The van der Waals surface area contributed by atoms with Crippen molar-refractivity contribution in [3.05, 3.63) is 94.0 Å². The van der Waals surface area contributed by atoms with Crippen molar-refractivity contribution in [1.82, 2.24) is 19.8 Å². The van der Waals surface area contributed by atoms with Crippen LogP contribution >= 0.6 is 0 Å². The highest BCUT2D eigenvalue weighted by molar-refractivity contribution is 5.96. The van der Waals surface area contributed by atoms with Gasteiger partial charge in [0.2, 0.25) is 0 Å². The van der Waals surface area contributed by atoms with Gasteiger partial charge in [-0.25, -0.2) is 4.98 Å². The molecule has 0 saturated carbocycles. The first-order valence-corrected chi connectivity index (χ1v) is 13.3. The molecule has 2 amide bonds. The van der Waals surface area contributed by atoms with Gasteiger partial charge < -0.3 is 14.8 Å². The second-order valence-electron chi connectivity index (χ2n) is 10.6. The second kappa shape index (κ2) is 9.98. The number of carbonyl (C=O) groups is 2. The fraction of sp³-hybridized carbons (Fsp3) is 0.300. The highest BCUT2D eigenvalue weighted by atomic mass is 16.6. The number of nitro benzene ring substituents is 1. The molecule has 2 aliphatic heterocycles. The molecule has 3 heterocycles. The summed E-state index contributed by atoms with van der Waals surface area (Å²) in [5.41, 5.74) is 3.78. The van der Waals surface area contributed by atoms with Crippen LogP contribution in [0.5, 0.6) is 0 Å². The first kappa shape index (κ1) is 24.8. The maximum Gasteiger partial charge on any atom is 0.270 e. The number of nitrogens with zero attached hydrogens (tertiary/aromatic N) is 4. The Hall–Kier alpha value is -4.53. The molecule has 0 radical (unpaired) electrons. The van der Waals surface area contributed by atoms with E-state index in [0.717, 1.165) is 48.1 Å². The van der Waals surface area contributed by atoms with Crippen molar-refractivity contribution in [2.75, 3.05) is 26.2 Å². The van der Waals surface area contributed by atoms with Crippen LogP contribution in [0.25, 0.3) is 22.4 Å². The molecule has 1 N–H and O–H groups in total. The highest BCUT2D eigenvalue weighted by Gasteiger charge is 2.39. The van der Waals surface area contributed by atoms with Crippen LogP contribution in [0.2, 0.25) is 0 Å². The molecule has 198 valence electrons. The molecule has 0 aliphatic carbocycles. The molecular formula is C30H29N5O4. The summed E-state index contributed by atoms with van der Waals surface area (Å²) < 4.78 is 0. The number of aromatic amines is 1. The Morgan fingerprint density at radius 1 is 0.795 bits per heavy atom. The lowest BCUT2D eigenvalue weighted by molar-refractivity contribution is -0.384. The number of likely N-dealkylation sites (tertiary alicyclic amines) is 2. The SMILES string of the molecule is O=C(c1cccc(-c2nc3ccccc3[nH]2)c1)N1CCC2(CC1)CCN(C(=O)c1cccc([N+](=O)[O-])c1)CC2. The molecule has 2 saturated heterocycles. The molecule has 1 spiro atoms. The summed E-state index contributed by atoms with van der Waals surface area (Å²) in [5.74, 6) is 0.612. The first-order valence-electron chi connectivity index (χ1n) is 13.3. The number of rotatable bonds is 4. The number of hydrogen-bond acceptors (Lipinski definition) is 5. The normalized spacial score (nSPS) is 16.9. The van der Waals surface area contributed by atoms with E-state index in [1.807, 2.05) is 53.4 Å². The maximum absolute atomic E-state index is 13.4. The van der Waals surface area contributed by atoms with Crippen molar-refractivity contribution in [1.29, 1.82) is 0 Å². The third-order valence-electron chi connectivity index (χ3n) is 8.30. The predicted molar refractivity (Wildman–Crippen MR) is 147 cm³/mol. The Morgan fingerprint density at radius 2 is 1.38 bits per heavy atom. The summed E-state index contributed by atoms with van der Waals surface area (Å²) in [7, 11) is 0. The van der Waals surface area contributed by atoms with Gasteiger partial charge in [-0.1, -0.05) is 30.3 Å². The number of carbonyl (C=O) groups excluding carboxylic acids is 2. The zero-order valence-corrected chi connectivity index (χ0v) is 21.5. The Labute approximate surface area is 225 Å². The number of hydrogen-bond donors (Lipinski definition) is 1. The molecule has 0 bridgehead atoms. The monoisotopic (exact) mass is 523 g/mol. The number of imidazole rings is 1. The molecule has 3 aromatic carbocycles. The van der Waals surface area contributed by atoms with Crippen LogP contribution < -0.4 is 0 Å². The molecule has 0 unspecified atom stereocenters. The number of non-ortho nitro benzene ring substituents is 1. The topological polar surface area (TPSA) is 112 Å². The Kier molecular flexibility index (Phi) is 6.34. The first-order chi connectivity index (χ1) is 18.9. The lowest BCUT2D eigenvalue weighted by Crippen LogP contribution is -2.49. The number of para-hydroxylation sites is 2. The van der Waals surface area contributed by atoms with E-state index in [1.165, 1.54) is 12.1 Å². The van der Waals surface area contributed by atoms with E-state index >= 15 is 0 Å². The van der Waals surface area contributed by atoms with Gasteiger partial charge in [-0.3, -0.25) is 19.7 Å². The number of nitrogens with one attached hydrogen (secondary N) is 1. The molecule has 6 rings (SSSR count). The minimum absolute atomic E-state index is 0.0288. The molecule has 4 aromatic rings. The summed E-state index contributed by atoms with van der Waals surface area (Å²) in [6.07, 6.45) is 3.55. The lowest BCUT2D eigenvalue weighted by atomic mass is 9.71. The van der Waals surface area contributed by atoms with Gasteiger partial charge in [0.15, 0.2) is 0 Å². The average molecular weight is 524 g/mol. The second-order valence-corrected chi connectivity index (χ2v) is 10.6. The molecule has 1 aromatic heterocycles. The zero-order valence-electron chi connectivity index (χ0n) is 21.5. The fourth-order valence-corrected chi connectivity index (χ4v) is 5.88. The van der Waals surface area contributed by atoms with Crippen LogP contribution in [-0.2, 0) is 0 Å². The molecule has 9 nitrogen and oxygen atoms in total. The molecular weight excluding hydrogens is 494 g/mol. The number of piperidine rings is 2. The van der Waals surface area contributed by atoms with E-state index in [-0.39, 0.29) is 22.9 Å². The van der Waals surface area contributed by atoms with Crippen LogP contribution in [0.4, 0.5) is 5.69 Å². The van der Waals surface area contributed by atoms with E-state index < -0.39 is 4.92 Å². The van der Waals surface area contributed by atoms with E-state index in [2.05, 4.69) is 9.97 Å². The summed E-state index contributed by atoms with van der Waals surface area (Å²) in [6.45, 7) is 2.61. The number of H-pyrrole nitrogens is 1. The molecule has 9 heteroatoms. The number of aromatic nitrogens is 2. The smallest absolute Gasteiger partial charge is 0.270 e. The lowest BCUT2D eigenvalue weighted by Gasteiger charge is -2.46. The van der Waals surface area contributed by atoms with Crippen molar-refractivity contribution in [3.63, 3.8) is 0 Å². The summed E-state index contributed by atoms with van der Waals surface area (Å²) in [4.78, 5) is 48.7. The number of benzene rings is 3. The van der Waals surface area contributed by atoms with Gasteiger partial charge in [0.25, 0.3) is 17.5 Å². The predicted octanol–water partition coefficient (Wildman–Crippen LogP) is 5.30. The summed E-state index contributed by atoms with van der Waals surface area (Å²) >= 11 is 0. The number of amides is 2. The van der Waals surface area contributed by atoms with E-state index in [4.69, 9.17) is 0 Å². The quantitative estimate of drug-likeness (QED) is 0.288. The van der Waals surface area contributed by atoms with Gasteiger partial charge in [0.05, 0.1) is 16.0 Å². The van der Waals surface area contributed by atoms with Gasteiger partial charge in [0, 0.05) is 55.0 Å². The minimum Gasteiger partial charge on any atom is -0.339 e. The molecule has 2 aliphatic rings. The average Bonchev–Trinajstić information content (AvgIpc) is 3.42. The van der Waals surface area contributed by atoms with Gasteiger partial charge >= 0.3 is 0 Å². The van der Waals surface area contributed by atoms with Gasteiger partial charge in [-0.2, -0.15) is 0 Å². The van der Waals surface area contributed by atoms with E-state index in [9.17, 15) is 19.7 Å². The summed E-state index contributed by atoms with van der Waals surface area (Å²) in [6, 6.07) is 21.4. The van der Waals surface area contributed by atoms with Crippen LogP contribution in [0.3, 0.4) is 0 Å². The minimum atomic E-state index is -0.480. The third-order valence-corrected chi connectivity index (χ3v) is 8.30. The van der Waals surface area contributed by atoms with Gasteiger partial charge in [-0.15, -0.1) is 0 Å². The largest absolute Gasteiger partial charge is 0.339 e. The van der Waals surface area contributed by atoms with Crippen molar-refractivity contribution in [2.45, 2.75) is 25.7 Å². The van der Waals surface area contributed by atoms with E-state index in [0.29, 0.717) is 37.3 Å². The molecule has 0 atom stereocenters. The number of nitro groups is 1. The highest BCUT2D eigenvalue weighted by Crippen LogP contribution is 2.42. The fourth-order valence-electron chi connectivity index (χ4n) is 5.88. The van der Waals surface area contributed by atoms with Crippen molar-refractivity contribution < 1.29 is 14.5 Å². The number of fused-ring (bicyclic) bond motifs is 1. The van der Waals surface area contributed by atoms with Crippen molar-refractivity contribution in [2.24, 2.45) is 5.41 Å². The van der Waals surface area contributed by atoms with Crippen LogP contribution in [0.15, 0.2) is 72.8 Å². The van der Waals surface area contributed by atoms with Crippen LogP contribution in [-0.4, -0.2) is 62.7 Å².